The lowest BCUT2D eigenvalue weighted by atomic mass is 9.86. The summed E-state index contributed by atoms with van der Waals surface area (Å²) in [4.78, 5) is 14.9. The minimum absolute atomic E-state index is 0.00329. The molecule has 1 rings (SSSR count). The zero-order valence-electron chi connectivity index (χ0n) is 14.7. The van der Waals surface area contributed by atoms with Gasteiger partial charge in [0.05, 0.1) is 12.2 Å². The predicted octanol–water partition coefficient (Wildman–Crippen LogP) is 3.64. The number of carbonyl (C=O) groups excluding carboxylic acids is 1. The van der Waals surface area contributed by atoms with Gasteiger partial charge in [0.15, 0.2) is 0 Å². The molecule has 3 nitrogen and oxygen atoms in total. The summed E-state index contributed by atoms with van der Waals surface area (Å²) in [6.45, 7) is 17.6. The van der Waals surface area contributed by atoms with Crippen LogP contribution in [0.2, 0.25) is 0 Å². The molecule has 3 heteroatoms. The van der Waals surface area contributed by atoms with Gasteiger partial charge in [-0.3, -0.25) is 10.1 Å². The summed E-state index contributed by atoms with van der Waals surface area (Å²) in [5.41, 5.74) is 0.110. The van der Waals surface area contributed by atoms with Gasteiger partial charge in [-0.2, -0.15) is 0 Å². The lowest BCUT2D eigenvalue weighted by molar-refractivity contribution is -0.134. The zero-order chi connectivity index (χ0) is 15.7. The van der Waals surface area contributed by atoms with Gasteiger partial charge < -0.3 is 4.90 Å². The topological polar surface area (TPSA) is 32.3 Å². The van der Waals surface area contributed by atoms with Gasteiger partial charge in [-0.05, 0) is 37.0 Å². The van der Waals surface area contributed by atoms with Crippen molar-refractivity contribution < 1.29 is 4.79 Å². The summed E-state index contributed by atoms with van der Waals surface area (Å²) in [5, 5.41) is 3.58. The second-order valence-electron chi connectivity index (χ2n) is 8.28. The van der Waals surface area contributed by atoms with E-state index in [1.807, 2.05) is 0 Å². The Hall–Kier alpha value is -0.570. The second kappa shape index (κ2) is 6.46. The first-order valence-corrected chi connectivity index (χ1v) is 8.12. The largest absolute Gasteiger partial charge is 0.323 e. The highest BCUT2D eigenvalue weighted by molar-refractivity contribution is 5.84. The van der Waals surface area contributed by atoms with Crippen LogP contribution in [0.1, 0.15) is 68.2 Å². The van der Waals surface area contributed by atoms with E-state index < -0.39 is 0 Å². The Morgan fingerprint density at radius 3 is 1.95 bits per heavy atom. The number of rotatable bonds is 5. The average molecular weight is 282 g/mol. The third kappa shape index (κ3) is 4.21. The average Bonchev–Trinajstić information content (AvgIpc) is 2.51. The van der Waals surface area contributed by atoms with Gasteiger partial charge in [-0.1, -0.05) is 48.5 Å². The van der Waals surface area contributed by atoms with Crippen LogP contribution in [0, 0.1) is 17.3 Å². The van der Waals surface area contributed by atoms with E-state index in [0.29, 0.717) is 17.7 Å². The number of hydrogen-bond donors (Lipinski definition) is 1. The number of amides is 1. The fourth-order valence-corrected chi connectivity index (χ4v) is 2.86. The smallest absolute Gasteiger partial charge is 0.241 e. The number of nitrogens with zero attached hydrogens (tertiary/aromatic N) is 1. The maximum atomic E-state index is 12.8. The van der Waals surface area contributed by atoms with Crippen LogP contribution in [-0.2, 0) is 4.79 Å². The minimum atomic E-state index is 0.00329. The summed E-state index contributed by atoms with van der Waals surface area (Å²) >= 11 is 0. The molecular weight excluding hydrogens is 248 g/mol. The van der Waals surface area contributed by atoms with Crippen LogP contribution < -0.4 is 5.32 Å². The molecule has 0 bridgehead atoms. The first-order valence-electron chi connectivity index (χ1n) is 8.12. The molecular formula is C17H34N2O. The SMILES string of the molecule is CC(C)CC1NC(CC(C)C)N(C(C)C(C)(C)C)C1=O. The van der Waals surface area contributed by atoms with Crippen molar-refractivity contribution in [1.29, 1.82) is 0 Å². The highest BCUT2D eigenvalue weighted by Crippen LogP contribution is 2.31. The fraction of sp³-hybridized carbons (Fsp3) is 0.941. The van der Waals surface area contributed by atoms with Gasteiger partial charge in [0, 0.05) is 6.04 Å². The normalized spacial score (nSPS) is 25.9. The van der Waals surface area contributed by atoms with E-state index in [9.17, 15) is 4.79 Å². The number of hydrogen-bond acceptors (Lipinski definition) is 2. The van der Waals surface area contributed by atoms with Gasteiger partial charge in [-0.25, -0.2) is 0 Å². The monoisotopic (exact) mass is 282 g/mol. The van der Waals surface area contributed by atoms with Crippen molar-refractivity contribution in [2.75, 3.05) is 0 Å². The summed E-state index contributed by atoms with van der Waals surface area (Å²) in [6.07, 6.45) is 2.15. The number of nitrogens with one attached hydrogen (secondary N) is 1. The third-order valence-corrected chi connectivity index (χ3v) is 4.35. The maximum absolute atomic E-state index is 12.8. The molecule has 3 unspecified atom stereocenters. The molecule has 1 aliphatic rings. The molecule has 20 heavy (non-hydrogen) atoms. The van der Waals surface area contributed by atoms with E-state index in [1.54, 1.807) is 0 Å². The summed E-state index contributed by atoms with van der Waals surface area (Å²) in [6, 6.07) is 0.256. The van der Waals surface area contributed by atoms with Gasteiger partial charge >= 0.3 is 0 Å². The third-order valence-electron chi connectivity index (χ3n) is 4.35. The molecule has 1 fully saturated rings. The van der Waals surface area contributed by atoms with E-state index in [2.05, 4.69) is 65.6 Å². The highest BCUT2D eigenvalue weighted by Gasteiger charge is 2.43. The van der Waals surface area contributed by atoms with Crippen molar-refractivity contribution in [3.05, 3.63) is 0 Å². The van der Waals surface area contributed by atoms with Crippen LogP contribution in [0.25, 0.3) is 0 Å². The quantitative estimate of drug-likeness (QED) is 0.835. The van der Waals surface area contributed by atoms with Crippen LogP contribution in [-0.4, -0.2) is 29.1 Å². The molecule has 1 amide bonds. The molecule has 0 aliphatic carbocycles. The molecule has 0 aromatic carbocycles. The van der Waals surface area contributed by atoms with E-state index in [0.717, 1.165) is 12.8 Å². The van der Waals surface area contributed by atoms with Gasteiger partial charge in [0.25, 0.3) is 0 Å². The fourth-order valence-electron chi connectivity index (χ4n) is 2.86. The van der Waals surface area contributed by atoms with Crippen molar-refractivity contribution in [3.63, 3.8) is 0 Å². The Kier molecular flexibility index (Phi) is 5.65. The van der Waals surface area contributed by atoms with Crippen molar-refractivity contribution in [2.45, 2.75) is 86.5 Å². The van der Waals surface area contributed by atoms with E-state index >= 15 is 0 Å². The summed E-state index contributed by atoms with van der Waals surface area (Å²) < 4.78 is 0. The molecule has 1 heterocycles. The van der Waals surface area contributed by atoms with Gasteiger partial charge in [0.2, 0.25) is 5.91 Å². The molecule has 0 saturated carbocycles. The highest BCUT2D eigenvalue weighted by atomic mass is 16.2. The maximum Gasteiger partial charge on any atom is 0.241 e. The Morgan fingerprint density at radius 1 is 1.05 bits per heavy atom. The Balaban J connectivity index is 2.93. The molecule has 118 valence electrons. The first-order chi connectivity index (χ1) is 9.04. The van der Waals surface area contributed by atoms with Crippen LogP contribution in [0.5, 0.6) is 0 Å². The van der Waals surface area contributed by atoms with Crippen LogP contribution in [0.4, 0.5) is 0 Å². The van der Waals surface area contributed by atoms with Crippen molar-refractivity contribution in [1.82, 2.24) is 10.2 Å². The van der Waals surface area contributed by atoms with E-state index in [4.69, 9.17) is 0 Å². The molecule has 1 N–H and O–H groups in total. The molecule has 0 spiro atoms. The van der Waals surface area contributed by atoms with Crippen LogP contribution >= 0.6 is 0 Å². The predicted molar refractivity (Wildman–Crippen MR) is 85.4 cm³/mol. The van der Waals surface area contributed by atoms with Crippen LogP contribution in [0.3, 0.4) is 0 Å². The standard InChI is InChI=1S/C17H34N2O/c1-11(2)9-14-16(20)19(13(5)17(6,7)8)15(18-14)10-12(3)4/h11-15,18H,9-10H2,1-8H3. The zero-order valence-corrected chi connectivity index (χ0v) is 14.7. The second-order valence-corrected chi connectivity index (χ2v) is 8.28. The van der Waals surface area contributed by atoms with Crippen molar-refractivity contribution >= 4 is 5.91 Å². The molecule has 0 aromatic rings. The summed E-state index contributed by atoms with van der Waals surface area (Å²) in [5.74, 6) is 1.43. The van der Waals surface area contributed by atoms with Crippen LogP contribution in [0.15, 0.2) is 0 Å². The molecule has 1 saturated heterocycles. The van der Waals surface area contributed by atoms with Crippen molar-refractivity contribution in [2.24, 2.45) is 17.3 Å². The van der Waals surface area contributed by atoms with E-state index in [1.165, 1.54) is 0 Å². The van der Waals surface area contributed by atoms with Crippen molar-refractivity contribution in [3.8, 4) is 0 Å². The Morgan fingerprint density at radius 2 is 1.55 bits per heavy atom. The Labute approximate surface area is 125 Å². The lowest BCUT2D eigenvalue weighted by Crippen LogP contribution is -2.49. The van der Waals surface area contributed by atoms with Gasteiger partial charge in [-0.15, -0.1) is 0 Å². The number of carbonyl (C=O) groups is 1. The molecule has 0 radical (unpaired) electrons. The molecule has 0 aromatic heterocycles. The lowest BCUT2D eigenvalue weighted by Gasteiger charge is -2.39. The first kappa shape index (κ1) is 17.5. The summed E-state index contributed by atoms with van der Waals surface area (Å²) in [7, 11) is 0. The molecule has 1 aliphatic heterocycles. The van der Waals surface area contributed by atoms with Gasteiger partial charge in [0.1, 0.15) is 0 Å². The Bertz CT molecular complexity index is 330. The minimum Gasteiger partial charge on any atom is -0.323 e. The van der Waals surface area contributed by atoms with E-state index in [-0.39, 0.29) is 23.7 Å². The molecule has 3 atom stereocenters.